The molecule has 0 radical (unpaired) electrons. The van der Waals surface area contributed by atoms with E-state index in [9.17, 15) is 0 Å². The van der Waals surface area contributed by atoms with E-state index in [1.54, 1.807) is 0 Å². The van der Waals surface area contributed by atoms with Crippen LogP contribution >= 0.6 is 0 Å². The number of hydrogen-bond donors (Lipinski definition) is 1. The second-order valence-corrected chi connectivity index (χ2v) is 6.85. The van der Waals surface area contributed by atoms with Crippen molar-refractivity contribution in [1.82, 2.24) is 15.0 Å². The van der Waals surface area contributed by atoms with Crippen LogP contribution in [0.2, 0.25) is 0 Å². The summed E-state index contributed by atoms with van der Waals surface area (Å²) in [7, 11) is 0. The number of imidazole rings is 1. The molecule has 0 bridgehead atoms. The molecule has 0 saturated heterocycles. The SMILES string of the molecule is CC.CC(C)OC1=CCC(c2nc3ncc(C4=CCCC=C4)cc3[nH]2)=CC=C1. The first-order chi connectivity index (χ1) is 13.7. The number of fused-ring (bicyclic) bond motifs is 1. The summed E-state index contributed by atoms with van der Waals surface area (Å²) >= 11 is 0. The average Bonchev–Trinajstić information content (AvgIpc) is 3.01. The number of aromatic amines is 1. The van der Waals surface area contributed by atoms with Gasteiger partial charge in [0.1, 0.15) is 11.6 Å². The minimum atomic E-state index is 0.171. The van der Waals surface area contributed by atoms with Crippen molar-refractivity contribution in [3.63, 3.8) is 0 Å². The fourth-order valence-corrected chi connectivity index (χ4v) is 3.18. The fourth-order valence-electron chi connectivity index (χ4n) is 3.18. The topological polar surface area (TPSA) is 50.8 Å². The molecule has 0 atom stereocenters. The Balaban J connectivity index is 0.00000109. The van der Waals surface area contributed by atoms with Crippen molar-refractivity contribution in [2.75, 3.05) is 0 Å². The molecule has 2 heterocycles. The second-order valence-electron chi connectivity index (χ2n) is 6.85. The highest BCUT2D eigenvalue weighted by Crippen LogP contribution is 2.26. The first-order valence-electron chi connectivity index (χ1n) is 10.2. The molecule has 1 N–H and O–H groups in total. The van der Waals surface area contributed by atoms with Gasteiger partial charge in [-0.3, -0.25) is 0 Å². The van der Waals surface area contributed by atoms with Gasteiger partial charge >= 0.3 is 0 Å². The molecule has 0 amide bonds. The molecular weight excluding hydrogens is 346 g/mol. The predicted octanol–water partition coefficient (Wildman–Crippen LogP) is 6.37. The third-order valence-corrected chi connectivity index (χ3v) is 4.42. The largest absolute Gasteiger partial charge is 0.491 e. The van der Waals surface area contributed by atoms with Crippen LogP contribution in [0, 0.1) is 0 Å². The zero-order chi connectivity index (χ0) is 19.9. The van der Waals surface area contributed by atoms with Crippen molar-refractivity contribution < 1.29 is 4.74 Å². The summed E-state index contributed by atoms with van der Waals surface area (Å²) in [6.07, 6.45) is 19.9. The standard InChI is InChI=1S/C22H23N3O.C2H6/c1-15(2)26-19-10-6-9-17(11-12-19)21-24-20-13-18(14-23-22(20)25-21)16-7-4-3-5-8-16;1-2/h4,6-10,12-15H,3,5,11H2,1-2H3,(H,23,24,25);1-2H3. The van der Waals surface area contributed by atoms with E-state index in [1.165, 1.54) is 5.57 Å². The first-order valence-corrected chi connectivity index (χ1v) is 10.2. The molecule has 4 nitrogen and oxygen atoms in total. The number of rotatable bonds is 4. The molecule has 28 heavy (non-hydrogen) atoms. The van der Waals surface area contributed by atoms with E-state index in [0.29, 0.717) is 0 Å². The van der Waals surface area contributed by atoms with Gasteiger partial charge in [-0.15, -0.1) is 0 Å². The van der Waals surface area contributed by atoms with Crippen molar-refractivity contribution in [3.05, 3.63) is 71.9 Å². The lowest BCUT2D eigenvalue weighted by molar-refractivity contribution is 0.157. The van der Waals surface area contributed by atoms with Gasteiger partial charge in [0.2, 0.25) is 0 Å². The minimum Gasteiger partial charge on any atom is -0.491 e. The molecule has 2 aliphatic carbocycles. The predicted molar refractivity (Wildman–Crippen MR) is 118 cm³/mol. The summed E-state index contributed by atoms with van der Waals surface area (Å²) in [6, 6.07) is 2.14. The van der Waals surface area contributed by atoms with Crippen molar-refractivity contribution >= 4 is 22.3 Å². The average molecular weight is 376 g/mol. The molecule has 2 aromatic rings. The van der Waals surface area contributed by atoms with E-state index in [0.717, 1.165) is 53.1 Å². The van der Waals surface area contributed by atoms with Crippen molar-refractivity contribution in [1.29, 1.82) is 0 Å². The van der Waals surface area contributed by atoms with Gasteiger partial charge in [-0.1, -0.05) is 44.2 Å². The van der Waals surface area contributed by atoms with Crippen LogP contribution in [0.5, 0.6) is 0 Å². The molecular formula is C24H29N3O. The number of nitrogens with one attached hydrogen (secondary N) is 1. The molecule has 4 rings (SSSR count). The lowest BCUT2D eigenvalue weighted by Gasteiger charge is -2.09. The summed E-state index contributed by atoms with van der Waals surface area (Å²) in [5.41, 5.74) is 5.21. The Morgan fingerprint density at radius 2 is 1.96 bits per heavy atom. The van der Waals surface area contributed by atoms with Crippen LogP contribution in [-0.4, -0.2) is 21.1 Å². The summed E-state index contributed by atoms with van der Waals surface area (Å²) in [5, 5.41) is 0. The highest BCUT2D eigenvalue weighted by molar-refractivity contribution is 5.83. The minimum absolute atomic E-state index is 0.171. The Morgan fingerprint density at radius 3 is 2.71 bits per heavy atom. The van der Waals surface area contributed by atoms with Gasteiger partial charge in [0.15, 0.2) is 5.65 Å². The van der Waals surface area contributed by atoms with Crippen LogP contribution in [-0.2, 0) is 4.74 Å². The maximum absolute atomic E-state index is 5.78. The molecule has 0 aliphatic heterocycles. The van der Waals surface area contributed by atoms with E-state index in [-0.39, 0.29) is 6.10 Å². The monoisotopic (exact) mass is 375 g/mol. The normalized spacial score (nSPS) is 16.1. The Kier molecular flexibility index (Phi) is 6.64. The Bertz CT molecular complexity index is 971. The first kappa shape index (κ1) is 19.9. The highest BCUT2D eigenvalue weighted by Gasteiger charge is 2.12. The molecule has 0 fully saturated rings. The Morgan fingerprint density at radius 1 is 1.11 bits per heavy atom. The number of ether oxygens (including phenoxy) is 1. The number of hydrogen-bond acceptors (Lipinski definition) is 3. The summed E-state index contributed by atoms with van der Waals surface area (Å²) in [5.74, 6) is 1.77. The zero-order valence-electron chi connectivity index (χ0n) is 17.2. The summed E-state index contributed by atoms with van der Waals surface area (Å²) in [6.45, 7) is 8.07. The number of allylic oxidation sites excluding steroid dienone is 9. The van der Waals surface area contributed by atoms with E-state index < -0.39 is 0 Å². The summed E-state index contributed by atoms with van der Waals surface area (Å²) < 4.78 is 5.78. The Labute approximate surface area is 167 Å². The van der Waals surface area contributed by atoms with Gasteiger partial charge in [0, 0.05) is 11.8 Å². The number of pyridine rings is 1. The van der Waals surface area contributed by atoms with Crippen LogP contribution < -0.4 is 0 Å². The quantitative estimate of drug-likeness (QED) is 0.675. The molecule has 4 heteroatoms. The molecule has 146 valence electrons. The van der Waals surface area contributed by atoms with Crippen LogP contribution in [0.3, 0.4) is 0 Å². The lowest BCUT2D eigenvalue weighted by Crippen LogP contribution is -2.00. The smallest absolute Gasteiger partial charge is 0.178 e. The number of aromatic nitrogens is 3. The second kappa shape index (κ2) is 9.36. The van der Waals surface area contributed by atoms with Crippen molar-refractivity contribution in [2.24, 2.45) is 0 Å². The van der Waals surface area contributed by atoms with Gasteiger partial charge in [0.05, 0.1) is 11.6 Å². The van der Waals surface area contributed by atoms with Crippen molar-refractivity contribution in [3.8, 4) is 0 Å². The van der Waals surface area contributed by atoms with E-state index in [4.69, 9.17) is 4.74 Å². The summed E-state index contributed by atoms with van der Waals surface area (Å²) in [4.78, 5) is 12.7. The van der Waals surface area contributed by atoms with Crippen LogP contribution in [0.4, 0.5) is 0 Å². The molecule has 0 unspecified atom stereocenters. The van der Waals surface area contributed by atoms with Gasteiger partial charge in [-0.05, 0) is 62.5 Å². The van der Waals surface area contributed by atoms with Crippen LogP contribution in [0.15, 0.2) is 60.6 Å². The molecule has 0 spiro atoms. The highest BCUT2D eigenvalue weighted by atomic mass is 16.5. The lowest BCUT2D eigenvalue weighted by atomic mass is 10.0. The maximum Gasteiger partial charge on any atom is 0.178 e. The Hall–Kier alpha value is -2.88. The number of H-pyrrole nitrogens is 1. The maximum atomic E-state index is 5.78. The molecule has 0 aromatic carbocycles. The molecule has 2 aliphatic rings. The van der Waals surface area contributed by atoms with Gasteiger partial charge in [0.25, 0.3) is 0 Å². The van der Waals surface area contributed by atoms with Gasteiger partial charge in [-0.2, -0.15) is 0 Å². The third-order valence-electron chi connectivity index (χ3n) is 4.42. The zero-order valence-corrected chi connectivity index (χ0v) is 17.2. The van der Waals surface area contributed by atoms with Gasteiger partial charge < -0.3 is 9.72 Å². The fraction of sp³-hybridized carbons (Fsp3) is 0.333. The number of nitrogens with zero attached hydrogens (tertiary/aromatic N) is 2. The molecule has 0 saturated carbocycles. The van der Waals surface area contributed by atoms with E-state index in [2.05, 4.69) is 51.4 Å². The third kappa shape index (κ3) is 4.69. The van der Waals surface area contributed by atoms with Gasteiger partial charge in [-0.25, -0.2) is 9.97 Å². The van der Waals surface area contributed by atoms with E-state index >= 15 is 0 Å². The van der Waals surface area contributed by atoms with Crippen molar-refractivity contribution in [2.45, 2.75) is 53.1 Å². The van der Waals surface area contributed by atoms with E-state index in [1.807, 2.05) is 46.0 Å². The molecule has 2 aromatic heterocycles. The van der Waals surface area contributed by atoms with Crippen LogP contribution in [0.1, 0.15) is 58.3 Å². The van der Waals surface area contributed by atoms with Crippen LogP contribution in [0.25, 0.3) is 22.3 Å².